The smallest absolute Gasteiger partial charge is 0.328 e. The quantitative estimate of drug-likeness (QED) is 0.873. The summed E-state index contributed by atoms with van der Waals surface area (Å²) in [5.41, 5.74) is 1.21. The molecule has 0 saturated carbocycles. The fourth-order valence-corrected chi connectivity index (χ4v) is 3.16. The van der Waals surface area contributed by atoms with Gasteiger partial charge in [0.2, 0.25) is 5.91 Å². The number of hydrogen-bond donors (Lipinski definition) is 1. The molecule has 0 atom stereocenters. The van der Waals surface area contributed by atoms with Crippen molar-refractivity contribution in [3.63, 3.8) is 0 Å². The Morgan fingerprint density at radius 2 is 1.77 bits per heavy atom. The van der Waals surface area contributed by atoms with E-state index >= 15 is 0 Å². The van der Waals surface area contributed by atoms with Crippen LogP contribution in [0.1, 0.15) is 24.8 Å². The van der Waals surface area contributed by atoms with Gasteiger partial charge in [-0.05, 0) is 37.0 Å². The summed E-state index contributed by atoms with van der Waals surface area (Å²) in [7, 11) is 1.71. The summed E-state index contributed by atoms with van der Waals surface area (Å²) in [6, 6.07) is 9.52. The molecule has 1 N–H and O–H groups in total. The van der Waals surface area contributed by atoms with Gasteiger partial charge in [-0.3, -0.25) is 19.1 Å². The van der Waals surface area contributed by atoms with E-state index in [0.717, 1.165) is 18.7 Å². The van der Waals surface area contributed by atoms with Gasteiger partial charge >= 0.3 is 5.69 Å². The monoisotopic (exact) mass is 356 g/mol. The highest BCUT2D eigenvalue weighted by molar-refractivity contribution is 5.75. The second-order valence-corrected chi connectivity index (χ2v) is 6.70. The SMILES string of the molecule is CN(Cc1ccc(N2CCCCC2)cc1)C(=O)Cn1ccc(=O)[nH]c1=O. The first-order valence-corrected chi connectivity index (χ1v) is 8.90. The number of H-pyrrole nitrogens is 1. The highest BCUT2D eigenvalue weighted by Crippen LogP contribution is 2.20. The van der Waals surface area contributed by atoms with Gasteiger partial charge in [0, 0.05) is 44.6 Å². The summed E-state index contributed by atoms with van der Waals surface area (Å²) in [5.74, 6) is -0.195. The van der Waals surface area contributed by atoms with Crippen LogP contribution in [0.3, 0.4) is 0 Å². The number of carbonyl (C=O) groups is 1. The van der Waals surface area contributed by atoms with Crippen LogP contribution in [0.2, 0.25) is 0 Å². The second-order valence-electron chi connectivity index (χ2n) is 6.70. The molecule has 2 aromatic rings. The topological polar surface area (TPSA) is 78.4 Å². The van der Waals surface area contributed by atoms with E-state index in [1.807, 2.05) is 12.1 Å². The number of likely N-dealkylation sites (N-methyl/N-ethyl adjacent to an activating group) is 1. The number of nitrogens with zero attached hydrogens (tertiary/aromatic N) is 3. The molecule has 1 amide bonds. The maximum atomic E-state index is 12.3. The first-order chi connectivity index (χ1) is 12.5. The van der Waals surface area contributed by atoms with Crippen molar-refractivity contribution >= 4 is 11.6 Å². The Labute approximate surface area is 151 Å². The van der Waals surface area contributed by atoms with Gasteiger partial charge in [0.25, 0.3) is 5.56 Å². The molecule has 1 aliphatic rings. The van der Waals surface area contributed by atoms with Crippen LogP contribution >= 0.6 is 0 Å². The first kappa shape index (κ1) is 18.0. The molecule has 0 bridgehead atoms. The molecule has 138 valence electrons. The van der Waals surface area contributed by atoms with Gasteiger partial charge in [0.05, 0.1) is 0 Å². The van der Waals surface area contributed by atoms with Crippen LogP contribution in [-0.4, -0.2) is 40.5 Å². The Morgan fingerprint density at radius 3 is 2.42 bits per heavy atom. The molecular weight excluding hydrogens is 332 g/mol. The number of aromatic amines is 1. The van der Waals surface area contributed by atoms with E-state index in [4.69, 9.17) is 0 Å². The van der Waals surface area contributed by atoms with Crippen LogP contribution < -0.4 is 16.1 Å². The Balaban J connectivity index is 1.59. The maximum Gasteiger partial charge on any atom is 0.328 e. The molecule has 0 radical (unpaired) electrons. The molecule has 7 heteroatoms. The fraction of sp³-hybridized carbons (Fsp3) is 0.421. The van der Waals surface area contributed by atoms with E-state index in [1.54, 1.807) is 11.9 Å². The minimum Gasteiger partial charge on any atom is -0.372 e. The van der Waals surface area contributed by atoms with Crippen LogP contribution in [0.15, 0.2) is 46.1 Å². The summed E-state index contributed by atoms with van der Waals surface area (Å²) < 4.78 is 1.19. The number of rotatable bonds is 5. The zero-order valence-corrected chi connectivity index (χ0v) is 15.0. The lowest BCUT2D eigenvalue weighted by Crippen LogP contribution is -2.36. The first-order valence-electron chi connectivity index (χ1n) is 8.90. The predicted octanol–water partition coefficient (Wildman–Crippen LogP) is 1.19. The van der Waals surface area contributed by atoms with Gasteiger partial charge in [0.15, 0.2) is 0 Å². The number of aromatic nitrogens is 2. The minimum absolute atomic E-state index is 0.0992. The van der Waals surface area contributed by atoms with Gasteiger partial charge in [-0.15, -0.1) is 0 Å². The highest BCUT2D eigenvalue weighted by Gasteiger charge is 2.13. The third-order valence-corrected chi connectivity index (χ3v) is 4.71. The Morgan fingerprint density at radius 1 is 1.08 bits per heavy atom. The van der Waals surface area contributed by atoms with Crippen molar-refractivity contribution in [3.05, 3.63) is 62.9 Å². The molecule has 1 saturated heterocycles. The standard InChI is InChI=1S/C19H24N4O3/c1-21(18(25)14-23-12-9-17(24)20-19(23)26)13-15-5-7-16(8-6-15)22-10-3-2-4-11-22/h5-9,12H,2-4,10-11,13-14H2,1H3,(H,20,24,26). The maximum absolute atomic E-state index is 12.3. The van der Waals surface area contributed by atoms with Crippen molar-refractivity contribution in [1.29, 1.82) is 0 Å². The van der Waals surface area contributed by atoms with Gasteiger partial charge < -0.3 is 9.80 Å². The van der Waals surface area contributed by atoms with Gasteiger partial charge in [-0.25, -0.2) is 4.79 Å². The molecule has 1 fully saturated rings. The van der Waals surface area contributed by atoms with Gasteiger partial charge in [-0.1, -0.05) is 12.1 Å². The highest BCUT2D eigenvalue weighted by atomic mass is 16.2. The average molecular weight is 356 g/mol. The van der Waals surface area contributed by atoms with E-state index < -0.39 is 11.2 Å². The molecular formula is C19H24N4O3. The number of amides is 1. The Hall–Kier alpha value is -2.83. The van der Waals surface area contributed by atoms with Crippen LogP contribution in [0, 0.1) is 0 Å². The van der Waals surface area contributed by atoms with E-state index in [-0.39, 0.29) is 12.5 Å². The van der Waals surface area contributed by atoms with Crippen molar-refractivity contribution in [2.45, 2.75) is 32.4 Å². The second kappa shape index (κ2) is 8.03. The average Bonchev–Trinajstić information content (AvgIpc) is 2.65. The zero-order chi connectivity index (χ0) is 18.5. The van der Waals surface area contributed by atoms with Crippen molar-refractivity contribution < 1.29 is 4.79 Å². The Kier molecular flexibility index (Phi) is 5.55. The molecule has 1 aromatic carbocycles. The van der Waals surface area contributed by atoms with E-state index in [9.17, 15) is 14.4 Å². The number of piperidine rings is 1. The normalized spacial score (nSPS) is 14.3. The predicted molar refractivity (Wildman–Crippen MR) is 100 cm³/mol. The van der Waals surface area contributed by atoms with E-state index in [1.165, 1.54) is 41.8 Å². The number of nitrogens with one attached hydrogen (secondary N) is 1. The van der Waals surface area contributed by atoms with Crippen LogP contribution in [0.25, 0.3) is 0 Å². The molecule has 0 unspecified atom stereocenters. The molecule has 0 spiro atoms. The molecule has 0 aliphatic carbocycles. The van der Waals surface area contributed by atoms with Gasteiger partial charge in [-0.2, -0.15) is 0 Å². The molecule has 2 heterocycles. The molecule has 1 aliphatic heterocycles. The van der Waals surface area contributed by atoms with E-state index in [2.05, 4.69) is 22.0 Å². The summed E-state index contributed by atoms with van der Waals surface area (Å²) in [6.07, 6.45) is 5.12. The molecule has 26 heavy (non-hydrogen) atoms. The van der Waals surface area contributed by atoms with Gasteiger partial charge in [0.1, 0.15) is 6.54 Å². The Bertz CT molecular complexity index is 863. The third kappa shape index (κ3) is 4.41. The fourth-order valence-electron chi connectivity index (χ4n) is 3.16. The molecule has 7 nitrogen and oxygen atoms in total. The number of anilines is 1. The number of hydrogen-bond acceptors (Lipinski definition) is 4. The number of benzene rings is 1. The molecule has 3 rings (SSSR count). The van der Waals surface area contributed by atoms with Crippen molar-refractivity contribution in [3.8, 4) is 0 Å². The number of carbonyl (C=O) groups excluding carboxylic acids is 1. The zero-order valence-electron chi connectivity index (χ0n) is 15.0. The molecule has 1 aromatic heterocycles. The third-order valence-electron chi connectivity index (χ3n) is 4.71. The van der Waals surface area contributed by atoms with Crippen LogP contribution in [0.5, 0.6) is 0 Å². The summed E-state index contributed by atoms with van der Waals surface area (Å²) in [4.78, 5) is 41.2. The minimum atomic E-state index is -0.579. The lowest BCUT2D eigenvalue weighted by molar-refractivity contribution is -0.131. The largest absolute Gasteiger partial charge is 0.372 e. The van der Waals surface area contributed by atoms with Crippen molar-refractivity contribution in [2.24, 2.45) is 0 Å². The summed E-state index contributed by atoms with van der Waals surface area (Å²) in [6.45, 7) is 2.58. The van der Waals surface area contributed by atoms with Crippen molar-refractivity contribution in [2.75, 3.05) is 25.0 Å². The van der Waals surface area contributed by atoms with Crippen LogP contribution in [-0.2, 0) is 17.9 Å². The summed E-state index contributed by atoms with van der Waals surface area (Å²) >= 11 is 0. The van der Waals surface area contributed by atoms with E-state index in [0.29, 0.717) is 6.54 Å². The summed E-state index contributed by atoms with van der Waals surface area (Å²) in [5, 5.41) is 0. The lowest BCUT2D eigenvalue weighted by atomic mass is 10.1. The lowest BCUT2D eigenvalue weighted by Gasteiger charge is -2.29. The van der Waals surface area contributed by atoms with Crippen molar-refractivity contribution in [1.82, 2.24) is 14.5 Å². The van der Waals surface area contributed by atoms with Crippen LogP contribution in [0.4, 0.5) is 5.69 Å².